The first-order valence-electron chi connectivity index (χ1n) is 13.8. The minimum atomic E-state index is -2.34. The molecule has 2 fully saturated rings. The summed E-state index contributed by atoms with van der Waals surface area (Å²) in [6.45, 7) is 4.71. The zero-order valence-corrected chi connectivity index (χ0v) is 22.9. The van der Waals surface area contributed by atoms with Crippen molar-refractivity contribution in [2.75, 3.05) is 25.0 Å². The second-order valence-corrected chi connectivity index (χ2v) is 10.7. The third-order valence-corrected chi connectivity index (χ3v) is 7.89. The number of carbonyl (C=O) groups excluding carboxylic acids is 1. The first-order valence-corrected chi connectivity index (χ1v) is 13.8. The minimum Gasteiger partial charge on any atom is -0.392 e. The van der Waals surface area contributed by atoms with Crippen LogP contribution in [0, 0.1) is 35.0 Å². The molecule has 4 atom stereocenters. The largest absolute Gasteiger partial charge is 0.392 e. The second-order valence-electron chi connectivity index (χ2n) is 10.7. The van der Waals surface area contributed by atoms with Gasteiger partial charge in [0, 0.05) is 23.7 Å². The van der Waals surface area contributed by atoms with Gasteiger partial charge in [-0.15, -0.1) is 0 Å². The van der Waals surface area contributed by atoms with Crippen molar-refractivity contribution in [3.8, 4) is 0 Å². The molecule has 42 heavy (non-hydrogen) atoms. The van der Waals surface area contributed by atoms with E-state index in [0.29, 0.717) is 5.56 Å². The number of rotatable bonds is 7. The molecular weight excluding hydrogens is 559 g/mol. The van der Waals surface area contributed by atoms with Crippen LogP contribution in [0.2, 0.25) is 0 Å². The summed E-state index contributed by atoms with van der Waals surface area (Å²) in [5.74, 6) is -12.6. The molecule has 5 rings (SSSR count). The molecule has 2 aliphatic heterocycles. The van der Waals surface area contributed by atoms with E-state index in [1.54, 1.807) is 12.1 Å². The van der Waals surface area contributed by atoms with Gasteiger partial charge >= 0.3 is 0 Å². The molecule has 11 heteroatoms. The highest BCUT2D eigenvalue weighted by molar-refractivity contribution is 6.04. The molecule has 2 heterocycles. The molecule has 0 aromatic heterocycles. The van der Waals surface area contributed by atoms with Gasteiger partial charge in [-0.1, -0.05) is 49.7 Å². The van der Waals surface area contributed by atoms with Crippen LogP contribution in [0.3, 0.4) is 0 Å². The number of benzene rings is 3. The molecular formula is C31H31F5N2O4. The van der Waals surface area contributed by atoms with Gasteiger partial charge in [-0.2, -0.15) is 0 Å². The third kappa shape index (κ3) is 6.19. The molecule has 0 radical (unpaired) electrons. The van der Waals surface area contributed by atoms with Gasteiger partial charge < -0.3 is 24.8 Å². The zero-order chi connectivity index (χ0) is 30.0. The van der Waals surface area contributed by atoms with Crippen molar-refractivity contribution in [2.45, 2.75) is 51.3 Å². The molecule has 0 bridgehead atoms. The van der Waals surface area contributed by atoms with Crippen LogP contribution in [-0.4, -0.2) is 41.7 Å². The Kier molecular flexibility index (Phi) is 9.22. The molecule has 224 valence electrons. The van der Waals surface area contributed by atoms with Crippen molar-refractivity contribution in [1.29, 1.82) is 0 Å². The van der Waals surface area contributed by atoms with Gasteiger partial charge in [0.15, 0.2) is 29.6 Å². The molecule has 3 aromatic rings. The van der Waals surface area contributed by atoms with E-state index in [1.807, 2.05) is 24.3 Å². The number of likely N-dealkylation sites (tertiary alicyclic amines) is 1. The highest BCUT2D eigenvalue weighted by Gasteiger charge is 2.39. The van der Waals surface area contributed by atoms with E-state index in [9.17, 15) is 31.9 Å². The van der Waals surface area contributed by atoms with Crippen molar-refractivity contribution in [3.05, 3.63) is 99.9 Å². The first-order chi connectivity index (χ1) is 20.2. The van der Waals surface area contributed by atoms with E-state index in [0.717, 1.165) is 43.6 Å². The standard InChI is InChI=1S/C31H31F5N2O4/c1-17-22(15-38-13-3-2-4-14-38)41-31(42-29(17)19-7-5-18(16-39)6-8-19)20-9-11-21(12-10-20)37-30(40)23-24(32)26(34)28(36)27(35)25(23)33/h5-12,17,22,29,31,39H,2-4,13-16H2,1H3,(H,37,40). The number of piperidine rings is 1. The normalized spacial score (nSPS) is 23.1. The molecule has 3 aromatic carbocycles. The second kappa shape index (κ2) is 12.9. The van der Waals surface area contributed by atoms with Gasteiger partial charge in [0.05, 0.1) is 18.8 Å². The van der Waals surface area contributed by atoms with Crippen LogP contribution < -0.4 is 5.32 Å². The lowest BCUT2D eigenvalue weighted by Crippen LogP contribution is -2.45. The maximum Gasteiger partial charge on any atom is 0.261 e. The fourth-order valence-electron chi connectivity index (χ4n) is 5.45. The number of hydrogen-bond donors (Lipinski definition) is 2. The number of aliphatic hydroxyl groups is 1. The number of hydrogen-bond acceptors (Lipinski definition) is 5. The molecule has 0 saturated carbocycles. The summed E-state index contributed by atoms with van der Waals surface area (Å²) in [6, 6.07) is 13.6. The molecule has 2 saturated heterocycles. The lowest BCUT2D eigenvalue weighted by molar-refractivity contribution is -0.276. The number of ether oxygens (including phenoxy) is 2. The van der Waals surface area contributed by atoms with Crippen LogP contribution in [0.4, 0.5) is 27.6 Å². The smallest absolute Gasteiger partial charge is 0.261 e. The van der Waals surface area contributed by atoms with Crippen molar-refractivity contribution in [2.24, 2.45) is 5.92 Å². The highest BCUT2D eigenvalue weighted by atomic mass is 19.2. The molecule has 4 unspecified atom stereocenters. The van der Waals surface area contributed by atoms with Gasteiger partial charge in [0.2, 0.25) is 5.82 Å². The Labute approximate surface area is 240 Å². The minimum absolute atomic E-state index is 0.00278. The molecule has 1 amide bonds. The van der Waals surface area contributed by atoms with E-state index in [4.69, 9.17) is 9.47 Å². The quantitative estimate of drug-likeness (QED) is 0.189. The van der Waals surface area contributed by atoms with Crippen LogP contribution in [-0.2, 0) is 16.1 Å². The van der Waals surface area contributed by atoms with Gasteiger partial charge in [0.25, 0.3) is 5.91 Å². The number of halogens is 5. The Hall–Kier alpha value is -3.38. The number of nitrogens with one attached hydrogen (secondary N) is 1. The Morgan fingerprint density at radius 3 is 2.00 bits per heavy atom. The first kappa shape index (κ1) is 30.1. The van der Waals surface area contributed by atoms with Crippen molar-refractivity contribution in [3.63, 3.8) is 0 Å². The predicted molar refractivity (Wildman–Crippen MR) is 144 cm³/mol. The summed E-state index contributed by atoms with van der Waals surface area (Å²) in [4.78, 5) is 14.8. The van der Waals surface area contributed by atoms with Gasteiger partial charge in [0.1, 0.15) is 5.56 Å². The Balaban J connectivity index is 1.36. The maximum absolute atomic E-state index is 14.1. The van der Waals surface area contributed by atoms with Crippen LogP contribution in [0.5, 0.6) is 0 Å². The van der Waals surface area contributed by atoms with E-state index in [1.165, 1.54) is 18.6 Å². The topological polar surface area (TPSA) is 71.0 Å². The number of aliphatic hydroxyl groups excluding tert-OH is 1. The SMILES string of the molecule is CC1C(CN2CCCCC2)OC(c2ccc(NC(=O)c3c(F)c(F)c(F)c(F)c3F)cc2)OC1c1ccc(CO)cc1. The van der Waals surface area contributed by atoms with Crippen molar-refractivity contribution in [1.82, 2.24) is 4.90 Å². The number of amides is 1. The highest BCUT2D eigenvalue weighted by Crippen LogP contribution is 2.42. The fourth-order valence-corrected chi connectivity index (χ4v) is 5.45. The molecule has 0 spiro atoms. The van der Waals surface area contributed by atoms with E-state index in [-0.39, 0.29) is 30.4 Å². The van der Waals surface area contributed by atoms with Gasteiger partial charge in [-0.05, 0) is 49.2 Å². The number of nitrogens with zero attached hydrogens (tertiary/aromatic N) is 1. The summed E-state index contributed by atoms with van der Waals surface area (Å²) in [5.41, 5.74) is 0.820. The van der Waals surface area contributed by atoms with Crippen LogP contribution in [0.1, 0.15) is 65.6 Å². The Bertz CT molecular complexity index is 1390. The van der Waals surface area contributed by atoms with Crippen LogP contribution in [0.15, 0.2) is 48.5 Å². The Morgan fingerprint density at radius 2 is 1.40 bits per heavy atom. The van der Waals surface area contributed by atoms with Gasteiger partial charge in [-0.3, -0.25) is 4.79 Å². The zero-order valence-electron chi connectivity index (χ0n) is 22.9. The van der Waals surface area contributed by atoms with Crippen LogP contribution in [0.25, 0.3) is 0 Å². The van der Waals surface area contributed by atoms with Gasteiger partial charge in [-0.25, -0.2) is 22.0 Å². The molecule has 0 aliphatic carbocycles. The maximum atomic E-state index is 14.1. The predicted octanol–water partition coefficient (Wildman–Crippen LogP) is 6.40. The Morgan fingerprint density at radius 1 is 0.833 bits per heavy atom. The third-order valence-electron chi connectivity index (χ3n) is 7.89. The summed E-state index contributed by atoms with van der Waals surface area (Å²) in [7, 11) is 0. The monoisotopic (exact) mass is 590 g/mol. The summed E-state index contributed by atoms with van der Waals surface area (Å²) >= 11 is 0. The molecule has 2 N–H and O–H groups in total. The summed E-state index contributed by atoms with van der Waals surface area (Å²) in [5, 5.41) is 11.6. The van der Waals surface area contributed by atoms with E-state index in [2.05, 4.69) is 17.1 Å². The molecule has 6 nitrogen and oxygen atoms in total. The average molecular weight is 591 g/mol. The van der Waals surface area contributed by atoms with E-state index < -0.39 is 46.8 Å². The lowest BCUT2D eigenvalue weighted by atomic mass is 9.89. The van der Waals surface area contributed by atoms with Crippen LogP contribution >= 0.6 is 0 Å². The summed E-state index contributed by atoms with van der Waals surface area (Å²) < 4.78 is 81.5. The van der Waals surface area contributed by atoms with Crippen molar-refractivity contribution < 1.29 is 41.3 Å². The number of carbonyl (C=O) groups is 1. The summed E-state index contributed by atoms with van der Waals surface area (Å²) in [6.07, 6.45) is 2.20. The average Bonchev–Trinajstić information content (AvgIpc) is 3.01. The van der Waals surface area contributed by atoms with E-state index >= 15 is 0 Å². The van der Waals surface area contributed by atoms with Crippen molar-refractivity contribution >= 4 is 11.6 Å². The fraction of sp³-hybridized carbons (Fsp3) is 0.387. The number of anilines is 1. The molecule has 2 aliphatic rings. The lowest BCUT2D eigenvalue weighted by Gasteiger charge is -2.43.